The van der Waals surface area contributed by atoms with E-state index >= 15 is 0 Å². The zero-order valence-electron chi connectivity index (χ0n) is 17.8. The Morgan fingerprint density at radius 1 is 1.15 bits per heavy atom. The third-order valence-electron chi connectivity index (χ3n) is 4.93. The Morgan fingerprint density at radius 2 is 1.82 bits per heavy atom. The Morgan fingerprint density at radius 3 is 2.50 bits per heavy atom. The van der Waals surface area contributed by atoms with Crippen molar-refractivity contribution in [1.82, 2.24) is 4.90 Å². The highest BCUT2D eigenvalue weighted by molar-refractivity contribution is 8.00. The minimum absolute atomic E-state index is 0.139. The summed E-state index contributed by atoms with van der Waals surface area (Å²) in [6.45, 7) is -0.178. The standard InChI is InChI=1S/C22H22F3N3O5S/c23-16-10-18(25)17(24)8-12(16)7-13(26)9-19(29)28-5-6-34-22(28)21(32)27-14-1-3-15(4-2-14)33-11-20(30)31/h1-4,8,10,13,22H,5-7,9,11,26H2,(H,27,32)(H,30,31)/t13-,22?/m1/s1. The number of aliphatic carboxylic acids is 1. The van der Waals surface area contributed by atoms with Crippen molar-refractivity contribution in [2.24, 2.45) is 5.73 Å². The smallest absolute Gasteiger partial charge is 0.341 e. The number of halogens is 3. The number of carboxylic acid groups (broad SMARTS) is 1. The van der Waals surface area contributed by atoms with Crippen molar-refractivity contribution in [3.8, 4) is 5.75 Å². The van der Waals surface area contributed by atoms with Crippen LogP contribution < -0.4 is 15.8 Å². The molecule has 0 aliphatic carbocycles. The molecule has 0 aromatic heterocycles. The van der Waals surface area contributed by atoms with Crippen LogP contribution in [0.5, 0.6) is 5.75 Å². The molecule has 0 bridgehead atoms. The van der Waals surface area contributed by atoms with Gasteiger partial charge in [0.2, 0.25) is 5.91 Å². The maximum Gasteiger partial charge on any atom is 0.341 e. The van der Waals surface area contributed by atoms with Crippen molar-refractivity contribution in [2.75, 3.05) is 24.2 Å². The van der Waals surface area contributed by atoms with Crippen LogP contribution in [0.2, 0.25) is 0 Å². The Labute approximate surface area is 197 Å². The highest BCUT2D eigenvalue weighted by Gasteiger charge is 2.35. The number of carbonyl (C=O) groups excluding carboxylic acids is 2. The summed E-state index contributed by atoms with van der Waals surface area (Å²) < 4.78 is 45.4. The summed E-state index contributed by atoms with van der Waals surface area (Å²) in [5.41, 5.74) is 6.24. The summed E-state index contributed by atoms with van der Waals surface area (Å²) in [7, 11) is 0. The lowest BCUT2D eigenvalue weighted by Gasteiger charge is -2.24. The average molecular weight is 497 g/mol. The van der Waals surface area contributed by atoms with E-state index in [0.29, 0.717) is 29.8 Å². The molecule has 0 saturated carbocycles. The molecule has 3 rings (SSSR count). The van der Waals surface area contributed by atoms with Crippen molar-refractivity contribution in [3.05, 3.63) is 59.4 Å². The first-order chi connectivity index (χ1) is 16.1. The maximum atomic E-state index is 13.9. The summed E-state index contributed by atoms with van der Waals surface area (Å²) in [5.74, 6) is -4.59. The summed E-state index contributed by atoms with van der Waals surface area (Å²) in [5, 5.41) is 10.5. The molecule has 1 aliphatic rings. The Hall–Kier alpha value is -3.25. The molecule has 2 amide bonds. The fourth-order valence-electron chi connectivity index (χ4n) is 3.34. The van der Waals surface area contributed by atoms with Crippen LogP contribution >= 0.6 is 11.8 Å². The highest BCUT2D eigenvalue weighted by Crippen LogP contribution is 2.27. The Bertz CT molecular complexity index is 1070. The van der Waals surface area contributed by atoms with Gasteiger partial charge in [0.05, 0.1) is 0 Å². The second kappa shape index (κ2) is 11.3. The van der Waals surface area contributed by atoms with Crippen LogP contribution in [-0.2, 0) is 20.8 Å². The number of amides is 2. The summed E-state index contributed by atoms with van der Waals surface area (Å²) in [6.07, 6.45) is -0.388. The van der Waals surface area contributed by atoms with Gasteiger partial charge in [0.1, 0.15) is 11.6 Å². The molecular formula is C22H22F3N3O5S. The summed E-state index contributed by atoms with van der Waals surface area (Å²) >= 11 is 1.27. The number of ether oxygens (including phenoxy) is 1. The van der Waals surface area contributed by atoms with Gasteiger partial charge in [-0.15, -0.1) is 11.8 Å². The molecule has 0 radical (unpaired) electrons. The predicted molar refractivity (Wildman–Crippen MR) is 119 cm³/mol. The van der Waals surface area contributed by atoms with Crippen LogP contribution in [0.25, 0.3) is 0 Å². The fraction of sp³-hybridized carbons (Fsp3) is 0.318. The van der Waals surface area contributed by atoms with E-state index in [-0.39, 0.29) is 18.4 Å². The summed E-state index contributed by atoms with van der Waals surface area (Å²) in [4.78, 5) is 37.4. The number of rotatable bonds is 9. The van der Waals surface area contributed by atoms with Crippen molar-refractivity contribution in [1.29, 1.82) is 0 Å². The Balaban J connectivity index is 1.56. The van der Waals surface area contributed by atoms with Crippen LogP contribution in [0.3, 0.4) is 0 Å². The SMILES string of the molecule is N[C@@H](CC(=O)N1CCSC1C(=O)Nc1ccc(OCC(=O)O)cc1)Cc1cc(F)c(F)cc1F. The molecule has 1 aliphatic heterocycles. The van der Waals surface area contributed by atoms with E-state index in [2.05, 4.69) is 5.32 Å². The average Bonchev–Trinajstić information content (AvgIpc) is 3.27. The number of benzene rings is 2. The van der Waals surface area contributed by atoms with Gasteiger partial charge in [-0.1, -0.05) is 0 Å². The number of hydrogen-bond donors (Lipinski definition) is 3. The molecule has 1 heterocycles. The number of nitrogens with zero attached hydrogens (tertiary/aromatic N) is 1. The molecule has 1 saturated heterocycles. The predicted octanol–water partition coefficient (Wildman–Crippen LogP) is 2.37. The molecule has 2 aromatic carbocycles. The lowest BCUT2D eigenvalue weighted by molar-refractivity contribution is -0.139. The molecule has 12 heteroatoms. The Kier molecular flexibility index (Phi) is 8.40. The van der Waals surface area contributed by atoms with Gasteiger partial charge < -0.3 is 25.8 Å². The monoisotopic (exact) mass is 497 g/mol. The summed E-state index contributed by atoms with van der Waals surface area (Å²) in [6, 6.07) is 6.36. The van der Waals surface area contributed by atoms with Gasteiger partial charge in [0.15, 0.2) is 23.6 Å². The molecule has 34 heavy (non-hydrogen) atoms. The number of thioether (sulfide) groups is 1. The van der Waals surface area contributed by atoms with E-state index in [0.717, 1.165) is 6.07 Å². The highest BCUT2D eigenvalue weighted by atomic mass is 32.2. The third-order valence-corrected chi connectivity index (χ3v) is 6.13. The largest absolute Gasteiger partial charge is 0.482 e. The molecular weight excluding hydrogens is 475 g/mol. The fourth-order valence-corrected chi connectivity index (χ4v) is 4.48. The maximum absolute atomic E-state index is 13.9. The minimum atomic E-state index is -1.31. The number of nitrogens with two attached hydrogens (primary N) is 1. The molecule has 1 fully saturated rings. The van der Waals surface area contributed by atoms with Crippen LogP contribution in [0.4, 0.5) is 18.9 Å². The topological polar surface area (TPSA) is 122 Å². The van der Waals surface area contributed by atoms with Crippen LogP contribution in [0.1, 0.15) is 12.0 Å². The first kappa shape index (κ1) is 25.4. The normalized spacial score (nSPS) is 16.2. The van der Waals surface area contributed by atoms with Crippen LogP contribution in [0, 0.1) is 17.5 Å². The van der Waals surface area contributed by atoms with Gasteiger partial charge in [-0.25, -0.2) is 18.0 Å². The van der Waals surface area contributed by atoms with Gasteiger partial charge in [-0.3, -0.25) is 9.59 Å². The molecule has 8 nitrogen and oxygen atoms in total. The van der Waals surface area contributed by atoms with Crippen molar-refractivity contribution in [2.45, 2.75) is 24.3 Å². The van der Waals surface area contributed by atoms with Gasteiger partial charge >= 0.3 is 5.97 Å². The van der Waals surface area contributed by atoms with Crippen LogP contribution in [-0.4, -0.2) is 58.1 Å². The molecule has 4 N–H and O–H groups in total. The van der Waals surface area contributed by atoms with E-state index < -0.39 is 53.3 Å². The van der Waals surface area contributed by atoms with E-state index in [1.54, 1.807) is 0 Å². The van der Waals surface area contributed by atoms with E-state index in [9.17, 15) is 27.6 Å². The van der Waals surface area contributed by atoms with Crippen molar-refractivity contribution in [3.63, 3.8) is 0 Å². The lowest BCUT2D eigenvalue weighted by atomic mass is 10.0. The van der Waals surface area contributed by atoms with Gasteiger partial charge in [0, 0.05) is 36.5 Å². The number of anilines is 1. The van der Waals surface area contributed by atoms with Gasteiger partial charge in [-0.2, -0.15) is 0 Å². The van der Waals surface area contributed by atoms with E-state index in [1.165, 1.54) is 40.9 Å². The molecule has 2 atom stereocenters. The number of carbonyl (C=O) groups is 3. The third kappa shape index (κ3) is 6.64. The van der Waals surface area contributed by atoms with E-state index in [1.807, 2.05) is 0 Å². The van der Waals surface area contributed by atoms with Gasteiger partial charge in [-0.05, 0) is 42.3 Å². The molecule has 1 unspecified atom stereocenters. The number of carboxylic acids is 1. The first-order valence-corrected chi connectivity index (χ1v) is 11.2. The van der Waals surface area contributed by atoms with Crippen LogP contribution in [0.15, 0.2) is 36.4 Å². The quantitative estimate of drug-likeness (QED) is 0.455. The first-order valence-electron chi connectivity index (χ1n) is 10.2. The van der Waals surface area contributed by atoms with E-state index in [4.69, 9.17) is 15.6 Å². The van der Waals surface area contributed by atoms with Crippen molar-refractivity contribution >= 4 is 35.2 Å². The number of hydrogen-bond acceptors (Lipinski definition) is 6. The van der Waals surface area contributed by atoms with Crippen molar-refractivity contribution < 1.29 is 37.4 Å². The molecule has 0 spiro atoms. The minimum Gasteiger partial charge on any atom is -0.482 e. The van der Waals surface area contributed by atoms with Gasteiger partial charge in [0.25, 0.3) is 5.91 Å². The number of nitrogens with one attached hydrogen (secondary N) is 1. The zero-order valence-corrected chi connectivity index (χ0v) is 18.6. The second-order valence-electron chi connectivity index (χ2n) is 7.53. The molecule has 2 aromatic rings. The molecule has 182 valence electrons. The lowest BCUT2D eigenvalue weighted by Crippen LogP contribution is -2.44. The zero-order chi connectivity index (χ0) is 24.8. The second-order valence-corrected chi connectivity index (χ2v) is 8.72.